The number of aryl methyl sites for hydroxylation is 3. The summed E-state index contributed by atoms with van der Waals surface area (Å²) in [4.78, 5) is 16.3. The number of thioether (sulfide) groups is 1. The van der Waals surface area contributed by atoms with E-state index in [9.17, 15) is 4.79 Å². The van der Waals surface area contributed by atoms with Crippen molar-refractivity contribution < 1.29 is 9.53 Å². The molecule has 4 heteroatoms. The number of hydrogen-bond donors (Lipinski definition) is 0. The first kappa shape index (κ1) is 15.8. The predicted molar refractivity (Wildman–Crippen MR) is 88.0 cm³/mol. The minimum Gasteiger partial charge on any atom is -0.465 e. The molecule has 2 rings (SSSR count). The number of benzene rings is 1. The van der Waals surface area contributed by atoms with Gasteiger partial charge in [-0.1, -0.05) is 30.8 Å². The minimum absolute atomic E-state index is 0.188. The van der Waals surface area contributed by atoms with Crippen LogP contribution in [0.3, 0.4) is 0 Å². The van der Waals surface area contributed by atoms with Gasteiger partial charge in [0, 0.05) is 5.39 Å². The van der Waals surface area contributed by atoms with Crippen LogP contribution in [-0.4, -0.2) is 23.3 Å². The van der Waals surface area contributed by atoms with Crippen molar-refractivity contribution >= 4 is 28.6 Å². The molecule has 21 heavy (non-hydrogen) atoms. The Hall–Kier alpha value is -1.55. The molecule has 1 aromatic heterocycles. The van der Waals surface area contributed by atoms with E-state index in [1.807, 2.05) is 6.92 Å². The fourth-order valence-electron chi connectivity index (χ4n) is 2.22. The normalized spacial score (nSPS) is 10.9. The largest absolute Gasteiger partial charge is 0.465 e. The van der Waals surface area contributed by atoms with Crippen molar-refractivity contribution in [2.24, 2.45) is 0 Å². The van der Waals surface area contributed by atoms with Crippen LogP contribution >= 0.6 is 11.8 Å². The van der Waals surface area contributed by atoms with Gasteiger partial charge < -0.3 is 4.74 Å². The maximum Gasteiger partial charge on any atom is 0.316 e. The van der Waals surface area contributed by atoms with E-state index in [4.69, 9.17) is 9.72 Å². The van der Waals surface area contributed by atoms with E-state index in [1.165, 1.54) is 28.5 Å². The Morgan fingerprint density at radius 3 is 2.71 bits per heavy atom. The average molecular weight is 303 g/mol. The summed E-state index contributed by atoms with van der Waals surface area (Å²) in [6.07, 6.45) is 0.904. The molecule has 0 radical (unpaired) electrons. The van der Waals surface area contributed by atoms with Crippen LogP contribution < -0.4 is 0 Å². The molecule has 0 saturated carbocycles. The van der Waals surface area contributed by atoms with Gasteiger partial charge in [-0.25, -0.2) is 4.98 Å². The number of ether oxygens (including phenoxy) is 1. The van der Waals surface area contributed by atoms with E-state index in [2.05, 4.69) is 39.0 Å². The molecule has 0 N–H and O–H groups in total. The molecule has 0 aliphatic rings. The van der Waals surface area contributed by atoms with Gasteiger partial charge in [0.1, 0.15) is 5.03 Å². The molecule has 1 aromatic carbocycles. The molecule has 0 unspecified atom stereocenters. The summed E-state index contributed by atoms with van der Waals surface area (Å²) in [6, 6.07) is 6.43. The number of aromatic nitrogens is 1. The van der Waals surface area contributed by atoms with E-state index in [1.54, 1.807) is 0 Å². The standard InChI is InChI=1S/C17H21NO2S/c1-5-13-9-14-8-7-11(3)12(4)16(14)18-17(13)21-10-15(19)20-6-2/h7-9H,5-6,10H2,1-4H3. The topological polar surface area (TPSA) is 39.2 Å². The van der Waals surface area contributed by atoms with E-state index in [0.717, 1.165) is 22.3 Å². The molecular weight excluding hydrogens is 282 g/mol. The molecule has 0 fully saturated rings. The van der Waals surface area contributed by atoms with Crippen LogP contribution in [-0.2, 0) is 16.0 Å². The highest BCUT2D eigenvalue weighted by Gasteiger charge is 2.11. The highest BCUT2D eigenvalue weighted by Crippen LogP contribution is 2.28. The van der Waals surface area contributed by atoms with Crippen molar-refractivity contribution in [2.75, 3.05) is 12.4 Å². The number of pyridine rings is 1. The SMILES string of the molecule is CCOC(=O)CSc1nc2c(C)c(C)ccc2cc1CC. The number of fused-ring (bicyclic) bond motifs is 1. The zero-order chi connectivity index (χ0) is 15.4. The monoisotopic (exact) mass is 303 g/mol. The Balaban J connectivity index is 2.37. The number of nitrogens with zero attached hydrogens (tertiary/aromatic N) is 1. The fourth-order valence-corrected chi connectivity index (χ4v) is 3.10. The summed E-state index contributed by atoms with van der Waals surface area (Å²) in [5, 5.41) is 2.10. The predicted octanol–water partition coefficient (Wildman–Crippen LogP) is 4.07. The first-order chi connectivity index (χ1) is 10.1. The van der Waals surface area contributed by atoms with Gasteiger partial charge in [-0.05, 0) is 49.9 Å². The lowest BCUT2D eigenvalue weighted by Gasteiger charge is -2.11. The van der Waals surface area contributed by atoms with Gasteiger partial charge in [-0.3, -0.25) is 4.79 Å². The number of hydrogen-bond acceptors (Lipinski definition) is 4. The first-order valence-corrected chi connectivity index (χ1v) is 8.23. The van der Waals surface area contributed by atoms with Gasteiger partial charge in [0.2, 0.25) is 0 Å². The second-order valence-electron chi connectivity index (χ2n) is 4.98. The fraction of sp³-hybridized carbons (Fsp3) is 0.412. The Kier molecular flexibility index (Phi) is 5.23. The van der Waals surface area contributed by atoms with Crippen LogP contribution in [0.4, 0.5) is 0 Å². The van der Waals surface area contributed by atoms with Crippen molar-refractivity contribution in [3.63, 3.8) is 0 Å². The van der Waals surface area contributed by atoms with E-state index >= 15 is 0 Å². The quantitative estimate of drug-likeness (QED) is 0.616. The van der Waals surface area contributed by atoms with Crippen LogP contribution in [0, 0.1) is 13.8 Å². The summed E-state index contributed by atoms with van der Waals surface area (Å²) in [5.74, 6) is 0.122. The zero-order valence-electron chi connectivity index (χ0n) is 13.0. The molecule has 2 aromatic rings. The molecule has 0 aliphatic carbocycles. The molecule has 0 saturated heterocycles. The highest BCUT2D eigenvalue weighted by atomic mass is 32.2. The highest BCUT2D eigenvalue weighted by molar-refractivity contribution is 7.99. The minimum atomic E-state index is -0.188. The molecule has 0 amide bonds. The van der Waals surface area contributed by atoms with Crippen molar-refractivity contribution in [3.05, 3.63) is 34.9 Å². The molecular formula is C17H21NO2S. The Bertz CT molecular complexity index is 667. The molecule has 0 bridgehead atoms. The van der Waals surface area contributed by atoms with Crippen LogP contribution in [0.1, 0.15) is 30.5 Å². The molecule has 3 nitrogen and oxygen atoms in total. The van der Waals surface area contributed by atoms with Gasteiger partial charge in [-0.15, -0.1) is 0 Å². The second kappa shape index (κ2) is 6.94. The molecule has 0 atom stereocenters. The molecule has 112 valence electrons. The van der Waals surface area contributed by atoms with Gasteiger partial charge in [-0.2, -0.15) is 0 Å². The summed E-state index contributed by atoms with van der Waals surface area (Å²) >= 11 is 1.46. The van der Waals surface area contributed by atoms with E-state index in [-0.39, 0.29) is 5.97 Å². The summed E-state index contributed by atoms with van der Waals surface area (Å²) < 4.78 is 4.98. The van der Waals surface area contributed by atoms with E-state index < -0.39 is 0 Å². The Morgan fingerprint density at radius 2 is 2.05 bits per heavy atom. The van der Waals surface area contributed by atoms with Crippen molar-refractivity contribution in [3.8, 4) is 0 Å². The lowest BCUT2D eigenvalue weighted by Crippen LogP contribution is -2.07. The Labute approximate surface area is 130 Å². The van der Waals surface area contributed by atoms with Gasteiger partial charge >= 0.3 is 5.97 Å². The van der Waals surface area contributed by atoms with Gasteiger partial charge in [0.15, 0.2) is 0 Å². The smallest absolute Gasteiger partial charge is 0.316 e. The van der Waals surface area contributed by atoms with Crippen LogP contribution in [0.2, 0.25) is 0 Å². The number of carbonyl (C=O) groups excluding carboxylic acids is 1. The van der Waals surface area contributed by atoms with Gasteiger partial charge in [0.05, 0.1) is 17.9 Å². The summed E-state index contributed by atoms with van der Waals surface area (Å²) in [6.45, 7) is 8.54. The van der Waals surface area contributed by atoms with Crippen molar-refractivity contribution in [2.45, 2.75) is 39.1 Å². The van der Waals surface area contributed by atoms with Crippen molar-refractivity contribution in [1.82, 2.24) is 4.98 Å². The third kappa shape index (κ3) is 3.56. The maximum atomic E-state index is 11.5. The molecule has 1 heterocycles. The third-order valence-electron chi connectivity index (χ3n) is 3.56. The van der Waals surface area contributed by atoms with Crippen LogP contribution in [0.15, 0.2) is 23.2 Å². The van der Waals surface area contributed by atoms with E-state index in [0.29, 0.717) is 12.4 Å². The zero-order valence-corrected chi connectivity index (χ0v) is 13.8. The summed E-state index contributed by atoms with van der Waals surface area (Å²) in [7, 11) is 0. The second-order valence-corrected chi connectivity index (χ2v) is 5.94. The molecule has 0 spiro atoms. The van der Waals surface area contributed by atoms with Gasteiger partial charge in [0.25, 0.3) is 0 Å². The lowest BCUT2D eigenvalue weighted by molar-refractivity contribution is -0.139. The Morgan fingerprint density at radius 1 is 1.29 bits per heavy atom. The van der Waals surface area contributed by atoms with Crippen LogP contribution in [0.5, 0.6) is 0 Å². The third-order valence-corrected chi connectivity index (χ3v) is 4.57. The number of rotatable bonds is 5. The number of carbonyl (C=O) groups is 1. The first-order valence-electron chi connectivity index (χ1n) is 7.25. The lowest BCUT2D eigenvalue weighted by atomic mass is 10.0. The number of esters is 1. The summed E-state index contributed by atoms with van der Waals surface area (Å²) in [5.41, 5.74) is 4.65. The molecule has 0 aliphatic heterocycles. The van der Waals surface area contributed by atoms with Crippen LogP contribution in [0.25, 0.3) is 10.9 Å². The van der Waals surface area contributed by atoms with Crippen molar-refractivity contribution in [1.29, 1.82) is 0 Å². The maximum absolute atomic E-state index is 11.5. The average Bonchev–Trinajstić information content (AvgIpc) is 2.48.